The number of nitrogens with zero attached hydrogens (tertiary/aromatic N) is 1. The number of hydrogen-bond donors (Lipinski definition) is 3. The zero-order chi connectivity index (χ0) is 15.7. The second kappa shape index (κ2) is 11.3. The summed E-state index contributed by atoms with van der Waals surface area (Å²) in [4.78, 5) is 23.5. The van der Waals surface area contributed by atoms with Crippen LogP contribution in [0.2, 0.25) is 0 Å². The quantitative estimate of drug-likeness (QED) is 0.579. The van der Waals surface area contributed by atoms with Crippen molar-refractivity contribution in [1.82, 2.24) is 15.8 Å². The first-order valence-corrected chi connectivity index (χ1v) is 7.85. The van der Waals surface area contributed by atoms with Crippen molar-refractivity contribution in [2.75, 3.05) is 31.2 Å². The lowest BCUT2D eigenvalue weighted by atomic mass is 10.4. The lowest BCUT2D eigenvalue weighted by Crippen LogP contribution is -2.30. The largest absolute Gasteiger partial charge is 0.360 e. The van der Waals surface area contributed by atoms with E-state index in [0.29, 0.717) is 18.1 Å². The van der Waals surface area contributed by atoms with Crippen LogP contribution in [-0.4, -0.2) is 48.1 Å². The van der Waals surface area contributed by atoms with Crippen LogP contribution in [0.1, 0.15) is 19.1 Å². The first kappa shape index (κ1) is 20.8. The van der Waals surface area contributed by atoms with Crippen molar-refractivity contribution >= 4 is 41.8 Å². The molecule has 1 unspecified atom stereocenters. The SMILES string of the molecule is CNCCCNC(=O)CSC(C)C(=O)Nc1cc(C)on1.Cl. The molecule has 3 N–H and O–H groups in total. The summed E-state index contributed by atoms with van der Waals surface area (Å²) in [6.45, 7) is 5.00. The minimum atomic E-state index is -0.343. The van der Waals surface area contributed by atoms with Gasteiger partial charge >= 0.3 is 0 Å². The van der Waals surface area contributed by atoms with Crippen molar-refractivity contribution in [3.05, 3.63) is 11.8 Å². The molecule has 7 nitrogen and oxygen atoms in total. The number of halogens is 1. The van der Waals surface area contributed by atoms with E-state index in [1.807, 2.05) is 7.05 Å². The van der Waals surface area contributed by atoms with Gasteiger partial charge in [-0.3, -0.25) is 9.59 Å². The normalized spacial score (nSPS) is 11.4. The summed E-state index contributed by atoms with van der Waals surface area (Å²) in [5.41, 5.74) is 0. The van der Waals surface area contributed by atoms with Crippen LogP contribution < -0.4 is 16.0 Å². The first-order valence-electron chi connectivity index (χ1n) is 6.80. The summed E-state index contributed by atoms with van der Waals surface area (Å²) in [5, 5.41) is 11.8. The molecule has 0 saturated heterocycles. The van der Waals surface area contributed by atoms with Gasteiger partial charge in [0, 0.05) is 12.6 Å². The summed E-state index contributed by atoms with van der Waals surface area (Å²) >= 11 is 1.28. The zero-order valence-corrected chi connectivity index (χ0v) is 14.6. The minimum absolute atomic E-state index is 0. The summed E-state index contributed by atoms with van der Waals surface area (Å²) in [6, 6.07) is 1.64. The second-order valence-corrected chi connectivity index (χ2v) is 5.90. The topological polar surface area (TPSA) is 96.3 Å². The van der Waals surface area contributed by atoms with Crippen molar-refractivity contribution in [3.8, 4) is 0 Å². The van der Waals surface area contributed by atoms with Crippen LogP contribution in [-0.2, 0) is 9.59 Å². The number of rotatable bonds is 9. The van der Waals surface area contributed by atoms with Gasteiger partial charge < -0.3 is 20.5 Å². The highest BCUT2D eigenvalue weighted by molar-refractivity contribution is 8.01. The maximum Gasteiger partial charge on any atom is 0.238 e. The molecule has 0 radical (unpaired) electrons. The van der Waals surface area contributed by atoms with E-state index in [-0.39, 0.29) is 35.2 Å². The van der Waals surface area contributed by atoms with E-state index in [0.717, 1.165) is 13.0 Å². The number of anilines is 1. The molecule has 1 heterocycles. The van der Waals surface area contributed by atoms with E-state index in [9.17, 15) is 9.59 Å². The molecule has 0 aliphatic rings. The average molecular weight is 351 g/mol. The molecule has 0 aliphatic heterocycles. The smallest absolute Gasteiger partial charge is 0.238 e. The molecule has 0 fully saturated rings. The van der Waals surface area contributed by atoms with Crippen molar-refractivity contribution < 1.29 is 14.1 Å². The third-order valence-corrected chi connectivity index (χ3v) is 3.78. The fourth-order valence-electron chi connectivity index (χ4n) is 1.47. The van der Waals surface area contributed by atoms with Crippen molar-refractivity contribution in [3.63, 3.8) is 0 Å². The molecular formula is C13H23ClN4O3S. The van der Waals surface area contributed by atoms with Crippen LogP contribution >= 0.6 is 24.2 Å². The van der Waals surface area contributed by atoms with E-state index in [1.165, 1.54) is 11.8 Å². The molecule has 0 saturated carbocycles. The van der Waals surface area contributed by atoms with Gasteiger partial charge in [-0.15, -0.1) is 24.2 Å². The Balaban J connectivity index is 0.00000441. The fraction of sp³-hybridized carbons (Fsp3) is 0.615. The first-order chi connectivity index (χ1) is 10.0. The van der Waals surface area contributed by atoms with Crippen LogP contribution in [0.15, 0.2) is 10.6 Å². The van der Waals surface area contributed by atoms with E-state index in [1.54, 1.807) is 19.9 Å². The predicted molar refractivity (Wildman–Crippen MR) is 90.6 cm³/mol. The average Bonchev–Trinajstić information content (AvgIpc) is 2.86. The lowest BCUT2D eigenvalue weighted by molar-refractivity contribution is -0.118. The Labute approximate surface area is 140 Å². The van der Waals surface area contributed by atoms with Crippen molar-refractivity contribution in [2.45, 2.75) is 25.5 Å². The molecule has 1 aromatic rings. The summed E-state index contributed by atoms with van der Waals surface area (Å²) in [6.07, 6.45) is 0.883. The molecule has 0 spiro atoms. The van der Waals surface area contributed by atoms with Gasteiger partial charge in [-0.25, -0.2) is 0 Å². The van der Waals surface area contributed by atoms with Crippen LogP contribution in [0.5, 0.6) is 0 Å². The predicted octanol–water partition coefficient (Wildman–Crippen LogP) is 1.19. The highest BCUT2D eigenvalue weighted by Crippen LogP contribution is 2.13. The van der Waals surface area contributed by atoms with E-state index in [2.05, 4.69) is 21.1 Å². The number of carbonyl (C=O) groups is 2. The van der Waals surface area contributed by atoms with Gasteiger partial charge in [0.25, 0.3) is 0 Å². The third kappa shape index (κ3) is 8.26. The van der Waals surface area contributed by atoms with E-state index in [4.69, 9.17) is 4.52 Å². The van der Waals surface area contributed by atoms with Gasteiger partial charge in [-0.1, -0.05) is 5.16 Å². The number of aromatic nitrogens is 1. The molecule has 2 amide bonds. The maximum atomic E-state index is 11.9. The second-order valence-electron chi connectivity index (χ2n) is 4.57. The molecule has 1 atom stereocenters. The minimum Gasteiger partial charge on any atom is -0.360 e. The van der Waals surface area contributed by atoms with Gasteiger partial charge in [0.1, 0.15) is 5.76 Å². The van der Waals surface area contributed by atoms with Crippen LogP contribution in [0.3, 0.4) is 0 Å². The molecule has 0 bridgehead atoms. The monoisotopic (exact) mass is 350 g/mol. The Morgan fingerprint density at radius 3 is 2.73 bits per heavy atom. The van der Waals surface area contributed by atoms with Gasteiger partial charge in [0.2, 0.25) is 11.8 Å². The Bertz CT molecular complexity index is 470. The lowest BCUT2D eigenvalue weighted by Gasteiger charge is -2.10. The molecule has 126 valence electrons. The van der Waals surface area contributed by atoms with E-state index < -0.39 is 0 Å². The Morgan fingerprint density at radius 1 is 1.41 bits per heavy atom. The van der Waals surface area contributed by atoms with Gasteiger partial charge in [0.15, 0.2) is 5.82 Å². The van der Waals surface area contributed by atoms with Crippen molar-refractivity contribution in [2.24, 2.45) is 0 Å². The Morgan fingerprint density at radius 2 is 2.14 bits per heavy atom. The number of amides is 2. The van der Waals surface area contributed by atoms with Crippen LogP contribution in [0.25, 0.3) is 0 Å². The Hall–Kier alpha value is -1.25. The molecule has 0 aromatic carbocycles. The summed E-state index contributed by atoms with van der Waals surface area (Å²) in [5.74, 6) is 1.02. The summed E-state index contributed by atoms with van der Waals surface area (Å²) in [7, 11) is 1.87. The highest BCUT2D eigenvalue weighted by Gasteiger charge is 2.16. The fourth-order valence-corrected chi connectivity index (χ4v) is 2.19. The number of nitrogens with one attached hydrogen (secondary N) is 3. The molecule has 0 aliphatic carbocycles. The summed E-state index contributed by atoms with van der Waals surface area (Å²) < 4.78 is 4.87. The number of carbonyl (C=O) groups excluding carboxylic acids is 2. The van der Waals surface area contributed by atoms with Crippen molar-refractivity contribution in [1.29, 1.82) is 0 Å². The van der Waals surface area contributed by atoms with Crippen LogP contribution in [0.4, 0.5) is 5.82 Å². The van der Waals surface area contributed by atoms with Crippen LogP contribution in [0, 0.1) is 6.92 Å². The standard InChI is InChI=1S/C13H22N4O3S.ClH/c1-9-7-11(17-20-9)16-13(19)10(2)21-8-12(18)15-6-4-5-14-3;/h7,10,14H,4-6,8H2,1-3H3,(H,15,18)(H,16,17,19);1H. The number of thioether (sulfide) groups is 1. The highest BCUT2D eigenvalue weighted by atomic mass is 35.5. The number of aryl methyl sites for hydroxylation is 1. The molecular weight excluding hydrogens is 328 g/mol. The molecule has 1 aromatic heterocycles. The Kier molecular flexibility index (Phi) is 10.7. The molecule has 22 heavy (non-hydrogen) atoms. The molecule has 9 heteroatoms. The van der Waals surface area contributed by atoms with Gasteiger partial charge in [-0.05, 0) is 33.9 Å². The van der Waals surface area contributed by atoms with Gasteiger partial charge in [0.05, 0.1) is 11.0 Å². The zero-order valence-electron chi connectivity index (χ0n) is 13.0. The van der Waals surface area contributed by atoms with Gasteiger partial charge in [-0.2, -0.15) is 0 Å². The third-order valence-electron chi connectivity index (χ3n) is 2.64. The van der Waals surface area contributed by atoms with E-state index >= 15 is 0 Å². The molecule has 1 rings (SSSR count). The number of hydrogen-bond acceptors (Lipinski definition) is 6. The maximum absolute atomic E-state index is 11.9.